The molecule has 164 valence electrons. The largest absolute Gasteiger partial charge is 0.497 e. The Labute approximate surface area is 184 Å². The Kier molecular flexibility index (Phi) is 6.50. The SMILES string of the molecule is COc1ccc2oc(=O)c(-c3ccc(OCC(=O)NCCCn4ccnc4)cc3)cc2c1. The van der Waals surface area contributed by atoms with Gasteiger partial charge >= 0.3 is 5.63 Å². The summed E-state index contributed by atoms with van der Waals surface area (Å²) in [6, 6.07) is 14.0. The third-order valence-electron chi connectivity index (χ3n) is 4.95. The third-order valence-corrected chi connectivity index (χ3v) is 4.95. The summed E-state index contributed by atoms with van der Waals surface area (Å²) in [5.41, 5.74) is 1.20. The number of hydrogen-bond acceptors (Lipinski definition) is 6. The van der Waals surface area contributed by atoms with Crippen LogP contribution >= 0.6 is 0 Å². The number of aryl methyl sites for hydroxylation is 1. The summed E-state index contributed by atoms with van der Waals surface area (Å²) in [6.45, 7) is 1.27. The molecule has 2 heterocycles. The Balaban J connectivity index is 1.33. The fraction of sp³-hybridized carbons (Fsp3) is 0.208. The molecule has 2 aromatic carbocycles. The van der Waals surface area contributed by atoms with Gasteiger partial charge in [-0.05, 0) is 48.4 Å². The van der Waals surface area contributed by atoms with Crippen LogP contribution in [0, 0.1) is 0 Å². The third kappa shape index (κ3) is 5.15. The predicted octanol–water partition coefficient (Wildman–Crippen LogP) is 3.25. The molecular weight excluding hydrogens is 410 g/mol. The minimum Gasteiger partial charge on any atom is -0.497 e. The molecule has 0 bridgehead atoms. The molecule has 8 nitrogen and oxygen atoms in total. The second-order valence-corrected chi connectivity index (χ2v) is 7.17. The normalized spacial score (nSPS) is 10.8. The van der Waals surface area contributed by atoms with Gasteiger partial charge in [0, 0.05) is 30.9 Å². The molecule has 0 saturated heterocycles. The summed E-state index contributed by atoms with van der Waals surface area (Å²) < 4.78 is 18.2. The van der Waals surface area contributed by atoms with E-state index < -0.39 is 5.63 Å². The zero-order valence-corrected chi connectivity index (χ0v) is 17.6. The summed E-state index contributed by atoms with van der Waals surface area (Å²) in [7, 11) is 1.59. The molecule has 0 unspecified atom stereocenters. The van der Waals surface area contributed by atoms with Crippen LogP contribution in [0.3, 0.4) is 0 Å². The van der Waals surface area contributed by atoms with E-state index in [9.17, 15) is 9.59 Å². The van der Waals surface area contributed by atoms with Crippen LogP contribution in [0.5, 0.6) is 11.5 Å². The number of hydrogen-bond donors (Lipinski definition) is 1. The van der Waals surface area contributed by atoms with Crippen molar-refractivity contribution in [3.8, 4) is 22.6 Å². The van der Waals surface area contributed by atoms with Gasteiger partial charge in [0.1, 0.15) is 17.1 Å². The molecule has 0 spiro atoms. The molecule has 0 saturated carbocycles. The molecule has 4 rings (SSSR count). The first-order valence-corrected chi connectivity index (χ1v) is 10.2. The van der Waals surface area contributed by atoms with Gasteiger partial charge in [0.05, 0.1) is 19.0 Å². The van der Waals surface area contributed by atoms with Crippen molar-refractivity contribution in [1.82, 2.24) is 14.9 Å². The average molecular weight is 433 g/mol. The van der Waals surface area contributed by atoms with E-state index in [0.717, 1.165) is 18.4 Å². The maximum atomic E-state index is 12.4. The number of rotatable bonds is 9. The fourth-order valence-electron chi connectivity index (χ4n) is 3.27. The second kappa shape index (κ2) is 9.82. The quantitative estimate of drug-likeness (QED) is 0.322. The van der Waals surface area contributed by atoms with Crippen molar-refractivity contribution in [2.45, 2.75) is 13.0 Å². The lowest BCUT2D eigenvalue weighted by molar-refractivity contribution is -0.123. The Morgan fingerprint density at radius 1 is 1.12 bits per heavy atom. The van der Waals surface area contributed by atoms with E-state index in [-0.39, 0.29) is 12.5 Å². The maximum absolute atomic E-state index is 12.4. The average Bonchev–Trinajstić information content (AvgIpc) is 3.34. The van der Waals surface area contributed by atoms with Crippen LogP contribution in [-0.4, -0.2) is 35.7 Å². The molecule has 0 aliphatic carbocycles. The summed E-state index contributed by atoms with van der Waals surface area (Å²) in [5.74, 6) is 1.03. The molecule has 1 amide bonds. The fourth-order valence-corrected chi connectivity index (χ4v) is 3.27. The number of methoxy groups -OCH3 is 1. The molecule has 4 aromatic rings. The van der Waals surface area contributed by atoms with Crippen LogP contribution in [-0.2, 0) is 11.3 Å². The highest BCUT2D eigenvalue weighted by molar-refractivity contribution is 5.83. The van der Waals surface area contributed by atoms with Crippen molar-refractivity contribution in [3.63, 3.8) is 0 Å². The first-order chi connectivity index (χ1) is 15.6. The lowest BCUT2D eigenvalue weighted by Crippen LogP contribution is -2.30. The van der Waals surface area contributed by atoms with Gasteiger partial charge in [-0.2, -0.15) is 0 Å². The van der Waals surface area contributed by atoms with E-state index in [0.29, 0.717) is 34.8 Å². The molecule has 8 heteroatoms. The van der Waals surface area contributed by atoms with Crippen molar-refractivity contribution < 1.29 is 18.7 Å². The van der Waals surface area contributed by atoms with Crippen molar-refractivity contribution in [2.24, 2.45) is 0 Å². The number of carbonyl (C=O) groups excluding carboxylic acids is 1. The number of benzene rings is 2. The number of amides is 1. The molecule has 0 aliphatic heterocycles. The van der Waals surface area contributed by atoms with Crippen molar-refractivity contribution in [2.75, 3.05) is 20.3 Å². The molecule has 32 heavy (non-hydrogen) atoms. The highest BCUT2D eigenvalue weighted by atomic mass is 16.5. The van der Waals surface area contributed by atoms with Gasteiger partial charge in [0.15, 0.2) is 6.61 Å². The summed E-state index contributed by atoms with van der Waals surface area (Å²) in [4.78, 5) is 28.3. The predicted molar refractivity (Wildman–Crippen MR) is 120 cm³/mol. The van der Waals surface area contributed by atoms with Gasteiger partial charge in [0.25, 0.3) is 5.91 Å². The minimum absolute atomic E-state index is 0.0810. The van der Waals surface area contributed by atoms with Gasteiger partial charge in [-0.25, -0.2) is 9.78 Å². The Bertz CT molecular complexity index is 1250. The zero-order valence-electron chi connectivity index (χ0n) is 17.6. The van der Waals surface area contributed by atoms with Crippen LogP contribution < -0.4 is 20.4 Å². The van der Waals surface area contributed by atoms with Crippen molar-refractivity contribution in [1.29, 1.82) is 0 Å². The van der Waals surface area contributed by atoms with E-state index in [1.54, 1.807) is 62.1 Å². The standard InChI is InChI=1S/C24H23N3O5/c1-30-20-7-8-22-18(13-20)14-21(24(29)32-22)17-3-5-19(6-4-17)31-15-23(28)26-9-2-11-27-12-10-25-16-27/h3-8,10,12-14,16H,2,9,11,15H2,1H3,(H,26,28). The van der Waals surface area contributed by atoms with Gasteiger partial charge < -0.3 is 23.8 Å². The molecule has 0 atom stereocenters. The molecule has 1 N–H and O–H groups in total. The number of aromatic nitrogens is 2. The Morgan fingerprint density at radius 3 is 2.69 bits per heavy atom. The highest BCUT2D eigenvalue weighted by Crippen LogP contribution is 2.25. The van der Waals surface area contributed by atoms with E-state index in [1.165, 1.54) is 0 Å². The lowest BCUT2D eigenvalue weighted by Gasteiger charge is -2.09. The first kappa shape index (κ1) is 21.2. The smallest absolute Gasteiger partial charge is 0.344 e. The monoisotopic (exact) mass is 433 g/mol. The number of fused-ring (bicyclic) bond motifs is 1. The van der Waals surface area contributed by atoms with Crippen molar-refractivity contribution >= 4 is 16.9 Å². The lowest BCUT2D eigenvalue weighted by atomic mass is 10.1. The molecule has 0 aliphatic rings. The van der Waals surface area contributed by atoms with Crippen LogP contribution in [0.15, 0.2) is 76.5 Å². The summed E-state index contributed by atoms with van der Waals surface area (Å²) in [6.07, 6.45) is 6.15. The zero-order chi connectivity index (χ0) is 22.3. The van der Waals surface area contributed by atoms with Gasteiger partial charge in [-0.1, -0.05) is 12.1 Å². The number of nitrogens with one attached hydrogen (secondary N) is 1. The Morgan fingerprint density at radius 2 is 1.94 bits per heavy atom. The maximum Gasteiger partial charge on any atom is 0.344 e. The minimum atomic E-state index is -0.425. The van der Waals surface area contributed by atoms with Crippen LogP contribution in [0.2, 0.25) is 0 Å². The first-order valence-electron chi connectivity index (χ1n) is 10.2. The van der Waals surface area contributed by atoms with Gasteiger partial charge in [-0.15, -0.1) is 0 Å². The van der Waals surface area contributed by atoms with E-state index >= 15 is 0 Å². The van der Waals surface area contributed by atoms with E-state index in [4.69, 9.17) is 13.9 Å². The Hall–Kier alpha value is -4.07. The van der Waals surface area contributed by atoms with E-state index in [2.05, 4.69) is 10.3 Å². The summed E-state index contributed by atoms with van der Waals surface area (Å²) in [5, 5.41) is 3.59. The molecular formula is C24H23N3O5. The van der Waals surface area contributed by atoms with Crippen LogP contribution in [0.25, 0.3) is 22.1 Å². The van der Waals surface area contributed by atoms with E-state index in [1.807, 2.05) is 16.8 Å². The second-order valence-electron chi connectivity index (χ2n) is 7.17. The van der Waals surface area contributed by atoms with Crippen LogP contribution in [0.4, 0.5) is 0 Å². The van der Waals surface area contributed by atoms with Gasteiger partial charge in [-0.3, -0.25) is 4.79 Å². The highest BCUT2D eigenvalue weighted by Gasteiger charge is 2.09. The molecule has 2 aromatic heterocycles. The number of nitrogens with zero attached hydrogens (tertiary/aromatic N) is 2. The molecule has 0 radical (unpaired) electrons. The number of imidazole rings is 1. The summed E-state index contributed by atoms with van der Waals surface area (Å²) >= 11 is 0. The topological polar surface area (TPSA) is 95.6 Å². The van der Waals surface area contributed by atoms with Gasteiger partial charge in [0.2, 0.25) is 0 Å². The van der Waals surface area contributed by atoms with Crippen molar-refractivity contribution in [3.05, 3.63) is 77.7 Å². The molecule has 0 fully saturated rings. The van der Waals surface area contributed by atoms with Crippen LogP contribution in [0.1, 0.15) is 6.42 Å². The number of carbonyl (C=O) groups is 1. The number of ether oxygens (including phenoxy) is 2.